The number of aromatic nitrogens is 2. The van der Waals surface area contributed by atoms with Crippen molar-refractivity contribution < 1.29 is 22.7 Å². The van der Waals surface area contributed by atoms with Gasteiger partial charge in [-0.2, -0.15) is 13.2 Å². The summed E-state index contributed by atoms with van der Waals surface area (Å²) in [5.74, 6) is -0.685. The number of hydrogen-bond acceptors (Lipinski definition) is 5. The van der Waals surface area contributed by atoms with E-state index in [1.807, 2.05) is 0 Å². The van der Waals surface area contributed by atoms with Gasteiger partial charge < -0.3 is 4.74 Å². The zero-order valence-corrected chi connectivity index (χ0v) is 12.4. The normalized spacial score (nSPS) is 12.3. The van der Waals surface area contributed by atoms with Crippen LogP contribution in [0.15, 0.2) is 11.2 Å². The molecule has 1 heterocycles. The number of hydrogen-bond donors (Lipinski definition) is 0. The Hall–Kier alpha value is -1.31. The third-order valence-corrected chi connectivity index (χ3v) is 3.13. The van der Waals surface area contributed by atoms with Crippen molar-refractivity contribution in [2.45, 2.75) is 37.5 Å². The van der Waals surface area contributed by atoms with E-state index in [9.17, 15) is 18.0 Å². The summed E-state index contributed by atoms with van der Waals surface area (Å²) in [7, 11) is 1.20. The van der Waals surface area contributed by atoms with E-state index < -0.39 is 23.3 Å². The van der Waals surface area contributed by atoms with Crippen LogP contribution in [0.1, 0.15) is 32.2 Å². The average Bonchev–Trinajstić information content (AvgIpc) is 2.33. The number of thioether (sulfide) groups is 1. The molecular formula is C12H15F3N2O2S. The molecule has 0 N–H and O–H groups in total. The van der Waals surface area contributed by atoms with E-state index in [1.165, 1.54) is 7.11 Å². The number of carbonyl (C=O) groups is 1. The summed E-state index contributed by atoms with van der Waals surface area (Å²) < 4.78 is 42.9. The van der Waals surface area contributed by atoms with Crippen molar-refractivity contribution in [2.75, 3.05) is 12.9 Å². The number of nitrogens with zero attached hydrogens (tertiary/aromatic N) is 2. The Bertz CT molecular complexity index is 466. The lowest BCUT2D eigenvalue weighted by molar-refractivity contribution is -0.141. The molecule has 1 aromatic heterocycles. The molecule has 1 rings (SSSR count). The number of rotatable bonds is 3. The first kappa shape index (κ1) is 16.7. The third kappa shape index (κ3) is 4.66. The number of alkyl halides is 3. The monoisotopic (exact) mass is 308 g/mol. The largest absolute Gasteiger partial charge is 0.468 e. The zero-order chi connectivity index (χ0) is 15.6. The number of ether oxygens (including phenoxy) is 1. The van der Waals surface area contributed by atoms with Crippen molar-refractivity contribution >= 4 is 17.7 Å². The molecule has 0 aromatic carbocycles. The Labute approximate surface area is 119 Å². The Balaban J connectivity index is 3.14. The number of methoxy groups -OCH3 is 1. The van der Waals surface area contributed by atoms with E-state index in [0.29, 0.717) is 0 Å². The number of carbonyl (C=O) groups excluding carboxylic acids is 1. The molecule has 0 unspecified atom stereocenters. The number of halogens is 3. The van der Waals surface area contributed by atoms with Gasteiger partial charge in [0.25, 0.3) is 0 Å². The van der Waals surface area contributed by atoms with Crippen molar-refractivity contribution in [1.29, 1.82) is 0 Å². The Morgan fingerprint density at radius 2 is 1.80 bits per heavy atom. The van der Waals surface area contributed by atoms with Crippen molar-refractivity contribution in [3.8, 4) is 0 Å². The first-order valence-electron chi connectivity index (χ1n) is 5.70. The zero-order valence-electron chi connectivity index (χ0n) is 11.5. The third-order valence-electron chi connectivity index (χ3n) is 2.31. The van der Waals surface area contributed by atoms with Gasteiger partial charge in [0.1, 0.15) is 5.69 Å². The van der Waals surface area contributed by atoms with Crippen LogP contribution in [0.3, 0.4) is 0 Å². The van der Waals surface area contributed by atoms with Gasteiger partial charge in [-0.25, -0.2) is 9.97 Å². The van der Waals surface area contributed by atoms with Gasteiger partial charge in [0.2, 0.25) is 0 Å². The summed E-state index contributed by atoms with van der Waals surface area (Å²) in [6.45, 7) is 5.26. The fraction of sp³-hybridized carbons (Fsp3) is 0.583. The SMILES string of the molecule is COC(=O)CSc1nc(C(C)(C)C)cc(C(F)(F)F)n1. The van der Waals surface area contributed by atoms with E-state index in [-0.39, 0.29) is 16.6 Å². The van der Waals surface area contributed by atoms with Crippen LogP contribution < -0.4 is 0 Å². The van der Waals surface area contributed by atoms with Crippen LogP contribution in [0.4, 0.5) is 13.2 Å². The minimum absolute atomic E-state index is 0.0878. The molecule has 20 heavy (non-hydrogen) atoms. The standard InChI is InChI=1S/C12H15F3N2O2S/c1-11(2,3)7-5-8(12(13,14)15)17-10(16-7)20-6-9(18)19-4/h5H,6H2,1-4H3. The lowest BCUT2D eigenvalue weighted by atomic mass is 9.91. The van der Waals surface area contributed by atoms with Crippen LogP contribution in [0.2, 0.25) is 0 Å². The van der Waals surface area contributed by atoms with Gasteiger partial charge in [-0.15, -0.1) is 0 Å². The highest BCUT2D eigenvalue weighted by Crippen LogP contribution is 2.32. The van der Waals surface area contributed by atoms with Crippen LogP contribution in [0, 0.1) is 0 Å². The quantitative estimate of drug-likeness (QED) is 0.488. The molecule has 0 saturated carbocycles. The smallest absolute Gasteiger partial charge is 0.433 e. The molecule has 0 spiro atoms. The van der Waals surface area contributed by atoms with Crippen LogP contribution in [0.25, 0.3) is 0 Å². The highest BCUT2D eigenvalue weighted by molar-refractivity contribution is 7.99. The number of esters is 1. The molecule has 0 aliphatic carbocycles. The van der Waals surface area contributed by atoms with E-state index in [4.69, 9.17) is 0 Å². The van der Waals surface area contributed by atoms with E-state index >= 15 is 0 Å². The molecule has 112 valence electrons. The minimum Gasteiger partial charge on any atom is -0.468 e. The van der Waals surface area contributed by atoms with Crippen LogP contribution in [0.5, 0.6) is 0 Å². The topological polar surface area (TPSA) is 52.1 Å². The Morgan fingerprint density at radius 1 is 1.25 bits per heavy atom. The summed E-state index contributed by atoms with van der Waals surface area (Å²) in [4.78, 5) is 18.5. The molecule has 0 fully saturated rings. The second kappa shape index (κ2) is 5.99. The first-order valence-corrected chi connectivity index (χ1v) is 6.69. The fourth-order valence-electron chi connectivity index (χ4n) is 1.20. The minimum atomic E-state index is -4.55. The van der Waals surface area contributed by atoms with Crippen molar-refractivity contribution in [3.63, 3.8) is 0 Å². The van der Waals surface area contributed by atoms with Crippen molar-refractivity contribution in [3.05, 3.63) is 17.5 Å². The molecule has 0 aliphatic rings. The van der Waals surface area contributed by atoms with E-state index in [2.05, 4.69) is 14.7 Å². The summed E-state index contributed by atoms with van der Waals surface area (Å²) in [6.07, 6.45) is -4.55. The molecule has 8 heteroatoms. The van der Waals surface area contributed by atoms with E-state index in [1.54, 1.807) is 20.8 Å². The Kier molecular flexibility index (Phi) is 5.01. The lowest BCUT2D eigenvalue weighted by Crippen LogP contribution is -2.18. The first-order chi connectivity index (χ1) is 9.04. The van der Waals surface area contributed by atoms with Crippen LogP contribution in [-0.4, -0.2) is 28.8 Å². The lowest BCUT2D eigenvalue weighted by Gasteiger charge is -2.19. The van der Waals surface area contributed by atoms with Gasteiger partial charge in [0, 0.05) is 5.41 Å². The van der Waals surface area contributed by atoms with Gasteiger partial charge in [-0.3, -0.25) is 4.79 Å². The van der Waals surface area contributed by atoms with Gasteiger partial charge in [0.15, 0.2) is 5.16 Å². The summed E-state index contributed by atoms with van der Waals surface area (Å²) >= 11 is 0.817. The maximum Gasteiger partial charge on any atom is 0.433 e. The maximum atomic E-state index is 12.8. The van der Waals surface area contributed by atoms with Crippen molar-refractivity contribution in [2.24, 2.45) is 0 Å². The molecule has 0 amide bonds. The highest BCUT2D eigenvalue weighted by atomic mass is 32.2. The molecule has 0 radical (unpaired) electrons. The Morgan fingerprint density at radius 3 is 2.25 bits per heavy atom. The molecule has 0 aliphatic heterocycles. The molecule has 1 aromatic rings. The second-order valence-corrected chi connectivity index (χ2v) is 5.98. The molecular weight excluding hydrogens is 293 g/mol. The fourth-order valence-corrected chi connectivity index (χ4v) is 1.89. The molecule has 0 saturated heterocycles. The highest BCUT2D eigenvalue weighted by Gasteiger charge is 2.35. The van der Waals surface area contributed by atoms with E-state index in [0.717, 1.165) is 17.8 Å². The second-order valence-electron chi connectivity index (χ2n) is 5.03. The molecule has 0 atom stereocenters. The average molecular weight is 308 g/mol. The predicted octanol–water partition coefficient (Wildman–Crippen LogP) is 3.06. The maximum absolute atomic E-state index is 12.8. The summed E-state index contributed by atoms with van der Waals surface area (Å²) in [5.41, 5.74) is -1.29. The summed E-state index contributed by atoms with van der Waals surface area (Å²) in [6, 6.07) is 0.933. The van der Waals surface area contributed by atoms with Gasteiger partial charge in [-0.05, 0) is 6.07 Å². The van der Waals surface area contributed by atoms with Crippen LogP contribution in [-0.2, 0) is 21.1 Å². The predicted molar refractivity (Wildman–Crippen MR) is 68.5 cm³/mol. The molecule has 4 nitrogen and oxygen atoms in total. The summed E-state index contributed by atoms with van der Waals surface area (Å²) in [5, 5.41) is -0.0878. The van der Waals surface area contributed by atoms with Gasteiger partial charge in [0.05, 0.1) is 18.6 Å². The van der Waals surface area contributed by atoms with Crippen LogP contribution >= 0.6 is 11.8 Å². The van der Waals surface area contributed by atoms with Gasteiger partial charge >= 0.3 is 12.1 Å². The van der Waals surface area contributed by atoms with Crippen molar-refractivity contribution in [1.82, 2.24) is 9.97 Å². The van der Waals surface area contributed by atoms with Gasteiger partial charge in [-0.1, -0.05) is 32.5 Å². The molecule has 0 bridgehead atoms.